The summed E-state index contributed by atoms with van der Waals surface area (Å²) < 4.78 is 0. The molecular formula is C26H22N4O4. The fourth-order valence-electron chi connectivity index (χ4n) is 2.25. The van der Waals surface area contributed by atoms with Gasteiger partial charge in [0.15, 0.2) is 0 Å². The van der Waals surface area contributed by atoms with E-state index >= 15 is 0 Å². The Morgan fingerprint density at radius 3 is 1.18 bits per heavy atom. The third kappa shape index (κ3) is 10.4. The van der Waals surface area contributed by atoms with Gasteiger partial charge in [-0.2, -0.15) is 10.2 Å². The molecule has 0 saturated heterocycles. The van der Waals surface area contributed by atoms with Crippen LogP contribution in [0.4, 0.5) is 0 Å². The molecule has 0 saturated carbocycles. The number of hydrogen-bond acceptors (Lipinski definition) is 6. The van der Waals surface area contributed by atoms with Crippen molar-refractivity contribution in [3.8, 4) is 0 Å². The maximum absolute atomic E-state index is 10.2. The maximum Gasteiger partial charge on any atom is 0.335 e. The average molecular weight is 454 g/mol. The third-order valence-electron chi connectivity index (χ3n) is 3.86. The minimum Gasteiger partial charge on any atom is -0.478 e. The number of aromatic nitrogens is 2. The van der Waals surface area contributed by atoms with E-state index in [1.165, 1.54) is 0 Å². The highest BCUT2D eigenvalue weighted by Crippen LogP contribution is 1.97. The van der Waals surface area contributed by atoms with E-state index in [9.17, 15) is 9.59 Å². The number of carbonyl (C=O) groups is 2. The smallest absolute Gasteiger partial charge is 0.335 e. The van der Waals surface area contributed by atoms with Crippen LogP contribution >= 0.6 is 0 Å². The molecule has 8 heteroatoms. The topological polar surface area (TPSA) is 125 Å². The average Bonchev–Trinajstić information content (AvgIpc) is 2.90. The number of nitrogens with zero attached hydrogens (tertiary/aromatic N) is 4. The molecule has 0 aliphatic carbocycles. The van der Waals surface area contributed by atoms with Crippen LogP contribution in [0, 0.1) is 0 Å². The van der Waals surface area contributed by atoms with Crippen molar-refractivity contribution in [2.45, 2.75) is 0 Å². The van der Waals surface area contributed by atoms with Crippen molar-refractivity contribution in [1.29, 1.82) is 0 Å². The fourth-order valence-corrected chi connectivity index (χ4v) is 2.25. The van der Waals surface area contributed by atoms with Crippen molar-refractivity contribution < 1.29 is 19.8 Å². The van der Waals surface area contributed by atoms with E-state index in [1.807, 2.05) is 36.4 Å². The summed E-state index contributed by atoms with van der Waals surface area (Å²) in [6.07, 6.45) is 6.62. The molecule has 0 amide bonds. The molecule has 2 aromatic carbocycles. The largest absolute Gasteiger partial charge is 0.478 e. The highest BCUT2D eigenvalue weighted by molar-refractivity contribution is 5.87. The van der Waals surface area contributed by atoms with E-state index in [0.29, 0.717) is 11.1 Å². The SMILES string of the molecule is C(=N\N=C\c1ccccn1)/c1ccccn1.O=C(O)c1ccccc1.O=C(O)c1ccccc1. The first-order chi connectivity index (χ1) is 16.6. The van der Waals surface area contributed by atoms with E-state index in [2.05, 4.69) is 20.2 Å². The van der Waals surface area contributed by atoms with Crippen LogP contribution in [0.15, 0.2) is 120 Å². The summed E-state index contributed by atoms with van der Waals surface area (Å²) >= 11 is 0. The summed E-state index contributed by atoms with van der Waals surface area (Å²) in [5.41, 5.74) is 2.22. The number of hydrogen-bond donors (Lipinski definition) is 2. The van der Waals surface area contributed by atoms with E-state index < -0.39 is 11.9 Å². The third-order valence-corrected chi connectivity index (χ3v) is 3.86. The first kappa shape index (κ1) is 25.3. The molecule has 4 rings (SSSR count). The molecule has 2 N–H and O–H groups in total. The monoisotopic (exact) mass is 454 g/mol. The Morgan fingerprint density at radius 2 is 0.912 bits per heavy atom. The standard InChI is InChI=1S/C12H10N4.2C7H6O2/c1-3-7-13-11(5-1)9-15-16-10-12-6-2-4-8-14-12;2*8-7(9)6-4-2-1-3-5-6/h1-10H;2*1-5H,(H,8,9)/b15-9+,16-10+;;. The normalized spacial score (nSPS) is 10.0. The van der Waals surface area contributed by atoms with Gasteiger partial charge >= 0.3 is 11.9 Å². The molecule has 8 nitrogen and oxygen atoms in total. The Kier molecular flexibility index (Phi) is 11.1. The quantitative estimate of drug-likeness (QED) is 0.333. The van der Waals surface area contributed by atoms with Crippen molar-refractivity contribution in [3.05, 3.63) is 132 Å². The van der Waals surface area contributed by atoms with Crippen LogP contribution in [-0.4, -0.2) is 44.5 Å². The molecule has 2 heterocycles. The van der Waals surface area contributed by atoms with Gasteiger partial charge in [0.2, 0.25) is 0 Å². The summed E-state index contributed by atoms with van der Waals surface area (Å²) in [5.74, 6) is -1.76. The lowest BCUT2D eigenvalue weighted by Crippen LogP contribution is -1.93. The number of aromatic carboxylic acids is 2. The van der Waals surface area contributed by atoms with E-state index in [1.54, 1.807) is 85.5 Å². The summed E-state index contributed by atoms with van der Waals surface area (Å²) in [5, 5.41) is 24.5. The van der Waals surface area contributed by atoms with Crippen molar-refractivity contribution in [3.63, 3.8) is 0 Å². The van der Waals surface area contributed by atoms with Gasteiger partial charge < -0.3 is 10.2 Å². The van der Waals surface area contributed by atoms with Gasteiger partial charge in [0.05, 0.1) is 34.9 Å². The molecule has 0 unspecified atom stereocenters. The molecule has 0 fully saturated rings. The lowest BCUT2D eigenvalue weighted by Gasteiger charge is -1.88. The second-order valence-corrected chi connectivity index (χ2v) is 6.34. The van der Waals surface area contributed by atoms with Crippen molar-refractivity contribution in [2.24, 2.45) is 10.2 Å². The molecule has 0 atom stereocenters. The molecule has 4 aromatic rings. The minimum absolute atomic E-state index is 0.331. The first-order valence-electron chi connectivity index (χ1n) is 10.0. The van der Waals surface area contributed by atoms with Crippen LogP contribution in [0.5, 0.6) is 0 Å². The zero-order chi connectivity index (χ0) is 24.4. The number of rotatable bonds is 5. The summed E-state index contributed by atoms with van der Waals surface area (Å²) in [6.45, 7) is 0. The molecule has 34 heavy (non-hydrogen) atoms. The molecule has 0 spiro atoms. The lowest BCUT2D eigenvalue weighted by molar-refractivity contribution is 0.0686. The zero-order valence-corrected chi connectivity index (χ0v) is 18.0. The van der Waals surface area contributed by atoms with Crippen molar-refractivity contribution in [2.75, 3.05) is 0 Å². The van der Waals surface area contributed by atoms with Crippen LogP contribution in [0.2, 0.25) is 0 Å². The van der Waals surface area contributed by atoms with Gasteiger partial charge in [-0.1, -0.05) is 48.5 Å². The summed E-state index contributed by atoms with van der Waals surface area (Å²) in [7, 11) is 0. The van der Waals surface area contributed by atoms with Crippen LogP contribution in [0.25, 0.3) is 0 Å². The van der Waals surface area contributed by atoms with Gasteiger partial charge in [0, 0.05) is 12.4 Å². The Hall–Kier alpha value is -4.98. The minimum atomic E-state index is -0.879. The number of pyridine rings is 2. The first-order valence-corrected chi connectivity index (χ1v) is 10.0. The van der Waals surface area contributed by atoms with Gasteiger partial charge in [-0.25, -0.2) is 9.59 Å². The highest BCUT2D eigenvalue weighted by Gasteiger charge is 1.97. The van der Waals surface area contributed by atoms with E-state index in [0.717, 1.165) is 11.4 Å². The number of benzene rings is 2. The van der Waals surface area contributed by atoms with Gasteiger partial charge in [0.25, 0.3) is 0 Å². The predicted molar refractivity (Wildman–Crippen MR) is 130 cm³/mol. The molecule has 0 radical (unpaired) electrons. The number of carboxylic acid groups (broad SMARTS) is 2. The van der Waals surface area contributed by atoms with Crippen LogP contribution in [0.1, 0.15) is 32.1 Å². The fraction of sp³-hybridized carbons (Fsp3) is 0. The van der Waals surface area contributed by atoms with Gasteiger partial charge in [-0.05, 0) is 48.5 Å². The number of carboxylic acids is 2. The van der Waals surface area contributed by atoms with Gasteiger partial charge in [0.1, 0.15) is 0 Å². The molecule has 0 bridgehead atoms. The van der Waals surface area contributed by atoms with Crippen LogP contribution < -0.4 is 0 Å². The van der Waals surface area contributed by atoms with E-state index in [-0.39, 0.29) is 0 Å². The highest BCUT2D eigenvalue weighted by atomic mass is 16.4. The predicted octanol–water partition coefficient (Wildman–Crippen LogP) is 4.70. The Bertz CT molecular complexity index is 1090. The lowest BCUT2D eigenvalue weighted by atomic mass is 10.2. The van der Waals surface area contributed by atoms with Crippen LogP contribution in [-0.2, 0) is 0 Å². The summed E-state index contributed by atoms with van der Waals surface area (Å²) in [4.78, 5) is 28.6. The summed E-state index contributed by atoms with van der Waals surface area (Å²) in [6, 6.07) is 27.8. The van der Waals surface area contributed by atoms with Crippen LogP contribution in [0.3, 0.4) is 0 Å². The van der Waals surface area contributed by atoms with Crippen molar-refractivity contribution in [1.82, 2.24) is 9.97 Å². The van der Waals surface area contributed by atoms with Crippen molar-refractivity contribution >= 4 is 24.4 Å². The molecule has 2 aromatic heterocycles. The van der Waals surface area contributed by atoms with Gasteiger partial charge in [-0.15, -0.1) is 0 Å². The molecule has 0 aliphatic rings. The zero-order valence-electron chi connectivity index (χ0n) is 18.0. The van der Waals surface area contributed by atoms with E-state index in [4.69, 9.17) is 10.2 Å². The Labute approximate surface area is 196 Å². The second-order valence-electron chi connectivity index (χ2n) is 6.34. The Balaban J connectivity index is 0.000000194. The molecular weight excluding hydrogens is 432 g/mol. The molecule has 170 valence electrons. The maximum atomic E-state index is 10.2. The Morgan fingerprint density at radius 1 is 0.559 bits per heavy atom. The second kappa shape index (κ2) is 14.9. The molecule has 0 aliphatic heterocycles. The van der Waals surface area contributed by atoms with Gasteiger partial charge in [-0.3, -0.25) is 9.97 Å².